The summed E-state index contributed by atoms with van der Waals surface area (Å²) in [4.78, 5) is 17.7. The smallest absolute Gasteiger partial charge is 0.289 e. The molecule has 2 aromatic rings. The van der Waals surface area contributed by atoms with Gasteiger partial charge in [-0.05, 0) is 26.0 Å². The zero-order valence-electron chi connectivity index (χ0n) is 11.9. The monoisotopic (exact) mass is 310 g/mol. The number of carbonyl (C=O) groups excluding carboxylic acids is 1. The second-order valence-electron chi connectivity index (χ2n) is 5.29. The summed E-state index contributed by atoms with van der Waals surface area (Å²) in [6.45, 7) is 3.97. The van der Waals surface area contributed by atoms with Crippen molar-refractivity contribution in [3.63, 3.8) is 0 Å². The Morgan fingerprint density at radius 1 is 1.27 bits per heavy atom. The van der Waals surface area contributed by atoms with Crippen LogP contribution in [0.15, 0.2) is 24.5 Å². The highest BCUT2D eigenvalue weighted by Crippen LogP contribution is 2.31. The van der Waals surface area contributed by atoms with E-state index in [2.05, 4.69) is 10.1 Å². The standard InChI is InChI=1S/C14H13F3N4O/c1-8-5-19-21-9(2)7-20(13(22)12(8)21)11-4-3-10(6-18-11)14(15,16)17/h3-6,9H,7H2,1-2H3/t9-/m0/s1. The molecule has 5 nitrogen and oxygen atoms in total. The highest BCUT2D eigenvalue weighted by Gasteiger charge is 2.34. The molecule has 0 aromatic carbocycles. The Morgan fingerprint density at radius 3 is 2.59 bits per heavy atom. The molecule has 0 bridgehead atoms. The number of anilines is 1. The third kappa shape index (κ3) is 2.24. The molecule has 0 fully saturated rings. The van der Waals surface area contributed by atoms with Gasteiger partial charge in [-0.15, -0.1) is 0 Å². The minimum Gasteiger partial charge on any atom is -0.289 e. The second-order valence-corrected chi connectivity index (χ2v) is 5.29. The van der Waals surface area contributed by atoms with Gasteiger partial charge in [-0.25, -0.2) is 4.98 Å². The number of hydrogen-bond donors (Lipinski definition) is 0. The number of fused-ring (bicyclic) bond motifs is 1. The zero-order valence-corrected chi connectivity index (χ0v) is 11.9. The van der Waals surface area contributed by atoms with E-state index < -0.39 is 11.7 Å². The SMILES string of the molecule is Cc1cnn2c1C(=O)N(c1ccc(C(F)(F)F)cn1)C[C@@H]2C. The Morgan fingerprint density at radius 2 is 2.00 bits per heavy atom. The van der Waals surface area contributed by atoms with Gasteiger partial charge in [0.1, 0.15) is 11.5 Å². The Kier molecular flexibility index (Phi) is 3.19. The van der Waals surface area contributed by atoms with Crippen molar-refractivity contribution >= 4 is 11.7 Å². The van der Waals surface area contributed by atoms with Gasteiger partial charge in [-0.3, -0.25) is 14.4 Å². The summed E-state index contributed by atoms with van der Waals surface area (Å²) in [6.07, 6.45) is -2.10. The number of nitrogens with zero attached hydrogens (tertiary/aromatic N) is 4. The molecule has 116 valence electrons. The molecule has 22 heavy (non-hydrogen) atoms. The van der Waals surface area contributed by atoms with Gasteiger partial charge < -0.3 is 0 Å². The average molecular weight is 310 g/mol. The van der Waals surface area contributed by atoms with Crippen LogP contribution in [-0.4, -0.2) is 27.2 Å². The normalized spacial score (nSPS) is 18.5. The van der Waals surface area contributed by atoms with Gasteiger partial charge in [0, 0.05) is 18.3 Å². The lowest BCUT2D eigenvalue weighted by Crippen LogP contribution is -2.43. The van der Waals surface area contributed by atoms with Crippen LogP contribution in [-0.2, 0) is 6.18 Å². The van der Waals surface area contributed by atoms with Crippen molar-refractivity contribution in [2.45, 2.75) is 26.1 Å². The Balaban J connectivity index is 1.96. The molecule has 3 rings (SSSR count). The number of aromatic nitrogens is 3. The summed E-state index contributed by atoms with van der Waals surface area (Å²) in [5.74, 6) is -0.0999. The fourth-order valence-electron chi connectivity index (χ4n) is 2.51. The first kappa shape index (κ1) is 14.6. The van der Waals surface area contributed by atoms with Crippen LogP contribution >= 0.6 is 0 Å². The summed E-state index contributed by atoms with van der Waals surface area (Å²) in [5.41, 5.74) is 0.337. The van der Waals surface area contributed by atoms with Crippen molar-refractivity contribution in [1.82, 2.24) is 14.8 Å². The topological polar surface area (TPSA) is 51.0 Å². The molecular weight excluding hydrogens is 297 g/mol. The van der Waals surface area contributed by atoms with E-state index in [0.29, 0.717) is 12.2 Å². The van der Waals surface area contributed by atoms with Gasteiger partial charge in [0.05, 0.1) is 17.8 Å². The first-order valence-electron chi connectivity index (χ1n) is 6.68. The molecule has 0 unspecified atom stereocenters. The maximum absolute atomic E-state index is 12.6. The van der Waals surface area contributed by atoms with Gasteiger partial charge in [0.25, 0.3) is 5.91 Å². The van der Waals surface area contributed by atoms with Crippen molar-refractivity contribution in [2.75, 3.05) is 11.4 Å². The van der Waals surface area contributed by atoms with Gasteiger partial charge >= 0.3 is 6.18 Å². The van der Waals surface area contributed by atoms with Gasteiger partial charge in [-0.2, -0.15) is 18.3 Å². The summed E-state index contributed by atoms with van der Waals surface area (Å²) in [6, 6.07) is 2.07. The maximum Gasteiger partial charge on any atom is 0.417 e. The number of rotatable bonds is 1. The molecule has 0 saturated carbocycles. The van der Waals surface area contributed by atoms with E-state index in [9.17, 15) is 18.0 Å². The first-order chi connectivity index (χ1) is 10.3. The molecule has 1 atom stereocenters. The van der Waals surface area contributed by atoms with E-state index >= 15 is 0 Å². The van der Waals surface area contributed by atoms with Crippen molar-refractivity contribution < 1.29 is 18.0 Å². The van der Waals surface area contributed by atoms with Crippen LogP contribution in [0.25, 0.3) is 0 Å². The maximum atomic E-state index is 12.6. The Bertz CT molecular complexity index is 721. The number of hydrogen-bond acceptors (Lipinski definition) is 3. The number of amides is 1. The fraction of sp³-hybridized carbons (Fsp3) is 0.357. The average Bonchev–Trinajstić information content (AvgIpc) is 2.85. The lowest BCUT2D eigenvalue weighted by Gasteiger charge is -2.31. The summed E-state index contributed by atoms with van der Waals surface area (Å²) in [7, 11) is 0. The molecule has 1 amide bonds. The van der Waals surface area contributed by atoms with Crippen LogP contribution < -0.4 is 4.90 Å². The fourth-order valence-corrected chi connectivity index (χ4v) is 2.51. The number of pyridine rings is 1. The van der Waals surface area contributed by atoms with Crippen molar-refractivity contribution in [3.05, 3.63) is 41.3 Å². The van der Waals surface area contributed by atoms with E-state index in [4.69, 9.17) is 0 Å². The van der Waals surface area contributed by atoms with E-state index in [0.717, 1.165) is 17.8 Å². The summed E-state index contributed by atoms with van der Waals surface area (Å²) in [5, 5.41) is 4.16. The van der Waals surface area contributed by atoms with Gasteiger partial charge in [-0.1, -0.05) is 0 Å². The summed E-state index contributed by atoms with van der Waals surface area (Å²) < 4.78 is 39.4. The minimum atomic E-state index is -4.44. The molecule has 0 N–H and O–H groups in total. The lowest BCUT2D eigenvalue weighted by molar-refractivity contribution is -0.137. The van der Waals surface area contributed by atoms with E-state index in [1.165, 1.54) is 11.0 Å². The first-order valence-corrected chi connectivity index (χ1v) is 6.68. The molecule has 0 spiro atoms. The number of aryl methyl sites for hydroxylation is 1. The van der Waals surface area contributed by atoms with Crippen molar-refractivity contribution in [3.8, 4) is 0 Å². The minimum absolute atomic E-state index is 0.0782. The zero-order chi connectivity index (χ0) is 16.1. The number of alkyl halides is 3. The van der Waals surface area contributed by atoms with Crippen LogP contribution in [0.1, 0.15) is 34.6 Å². The molecule has 8 heteroatoms. The molecule has 0 saturated heterocycles. The number of carbonyl (C=O) groups is 1. The molecule has 1 aliphatic rings. The van der Waals surface area contributed by atoms with Crippen molar-refractivity contribution in [2.24, 2.45) is 0 Å². The predicted molar refractivity (Wildman–Crippen MR) is 72.6 cm³/mol. The molecule has 2 aromatic heterocycles. The number of halogens is 3. The quantitative estimate of drug-likeness (QED) is 0.814. The molecule has 3 heterocycles. The molecular formula is C14H13F3N4O. The van der Waals surface area contributed by atoms with E-state index in [1.54, 1.807) is 17.8 Å². The van der Waals surface area contributed by atoms with Crippen molar-refractivity contribution in [1.29, 1.82) is 0 Å². The van der Waals surface area contributed by atoms with E-state index in [-0.39, 0.29) is 17.8 Å². The van der Waals surface area contributed by atoms with E-state index in [1.807, 2.05) is 6.92 Å². The third-order valence-corrected chi connectivity index (χ3v) is 3.64. The van der Waals surface area contributed by atoms with Crippen LogP contribution in [0.2, 0.25) is 0 Å². The molecule has 0 radical (unpaired) electrons. The van der Waals surface area contributed by atoms with Gasteiger partial charge in [0.2, 0.25) is 0 Å². The summed E-state index contributed by atoms with van der Waals surface area (Å²) >= 11 is 0. The second kappa shape index (κ2) is 4.82. The molecule has 1 aliphatic heterocycles. The highest BCUT2D eigenvalue weighted by molar-refractivity contribution is 6.06. The van der Waals surface area contributed by atoms with Crippen LogP contribution in [0.4, 0.5) is 19.0 Å². The molecule has 0 aliphatic carbocycles. The Hall–Kier alpha value is -2.38. The van der Waals surface area contributed by atoms with Crippen LogP contribution in [0.3, 0.4) is 0 Å². The van der Waals surface area contributed by atoms with Gasteiger partial charge in [0.15, 0.2) is 0 Å². The largest absolute Gasteiger partial charge is 0.417 e. The third-order valence-electron chi connectivity index (χ3n) is 3.64. The van der Waals surface area contributed by atoms with Crippen LogP contribution in [0, 0.1) is 6.92 Å². The lowest BCUT2D eigenvalue weighted by atomic mass is 10.1. The van der Waals surface area contributed by atoms with Crippen LogP contribution in [0.5, 0.6) is 0 Å². The Labute approximate surface area is 124 Å². The highest BCUT2D eigenvalue weighted by atomic mass is 19.4. The predicted octanol–water partition coefficient (Wildman–Crippen LogP) is 2.83.